The van der Waals surface area contributed by atoms with Crippen molar-refractivity contribution in [2.45, 2.75) is 50.0 Å². The van der Waals surface area contributed by atoms with Gasteiger partial charge in [0, 0.05) is 23.8 Å². The van der Waals surface area contributed by atoms with Crippen molar-refractivity contribution >= 4 is 21.6 Å². The fraction of sp³-hybridized carbons (Fsp3) is 0.435. The molecule has 0 bridgehead atoms. The summed E-state index contributed by atoms with van der Waals surface area (Å²) >= 11 is 0. The van der Waals surface area contributed by atoms with Crippen molar-refractivity contribution in [1.29, 1.82) is 0 Å². The summed E-state index contributed by atoms with van der Waals surface area (Å²) in [6.45, 7) is 3.20. The smallest absolute Gasteiger partial charge is 0.261 e. The fourth-order valence-electron chi connectivity index (χ4n) is 4.62. The van der Waals surface area contributed by atoms with E-state index in [1.165, 1.54) is 25.0 Å². The molecule has 2 aliphatic rings. The van der Waals surface area contributed by atoms with Crippen LogP contribution in [0.15, 0.2) is 53.4 Å². The summed E-state index contributed by atoms with van der Waals surface area (Å²) in [4.78, 5) is 15.2. The molecule has 1 amide bonds. The molecule has 1 saturated heterocycles. The van der Waals surface area contributed by atoms with Gasteiger partial charge in [-0.1, -0.05) is 18.9 Å². The lowest BCUT2D eigenvalue weighted by molar-refractivity contribution is 0.0690. The van der Waals surface area contributed by atoms with Crippen molar-refractivity contribution in [3.8, 4) is 5.75 Å². The van der Waals surface area contributed by atoms with E-state index in [0.717, 1.165) is 25.8 Å². The zero-order chi connectivity index (χ0) is 21.1. The first-order chi connectivity index (χ1) is 14.5. The second-order valence-corrected chi connectivity index (χ2v) is 9.67. The van der Waals surface area contributed by atoms with Crippen LogP contribution in [-0.2, 0) is 10.0 Å². The van der Waals surface area contributed by atoms with Crippen molar-refractivity contribution in [2.75, 3.05) is 17.9 Å². The van der Waals surface area contributed by atoms with E-state index in [2.05, 4.69) is 4.72 Å². The van der Waals surface area contributed by atoms with Gasteiger partial charge in [0.05, 0.1) is 11.5 Å². The van der Waals surface area contributed by atoms with Gasteiger partial charge in [-0.25, -0.2) is 8.42 Å². The van der Waals surface area contributed by atoms with Gasteiger partial charge in [-0.3, -0.25) is 9.52 Å². The lowest BCUT2D eigenvalue weighted by Gasteiger charge is -2.31. The van der Waals surface area contributed by atoms with Crippen LogP contribution in [0.5, 0.6) is 5.75 Å². The molecule has 0 radical (unpaired) electrons. The number of nitrogens with zero attached hydrogens (tertiary/aromatic N) is 1. The number of fused-ring (bicyclic) bond motifs is 1. The van der Waals surface area contributed by atoms with Crippen LogP contribution in [0.2, 0.25) is 0 Å². The van der Waals surface area contributed by atoms with Crippen molar-refractivity contribution in [2.24, 2.45) is 5.92 Å². The highest BCUT2D eigenvalue weighted by molar-refractivity contribution is 7.92. The number of ether oxygens (including phenoxy) is 1. The Hall–Kier alpha value is -2.54. The Balaban J connectivity index is 1.51. The van der Waals surface area contributed by atoms with E-state index in [1.807, 2.05) is 11.8 Å². The van der Waals surface area contributed by atoms with Gasteiger partial charge in [-0.2, -0.15) is 0 Å². The summed E-state index contributed by atoms with van der Waals surface area (Å²) in [5, 5.41) is 0. The lowest BCUT2D eigenvalue weighted by atomic mass is 9.85. The maximum atomic E-state index is 13.1. The van der Waals surface area contributed by atoms with Gasteiger partial charge in [0.1, 0.15) is 5.75 Å². The standard InChI is InChI=1S/C23H28N2O4S/c1-2-29-20-12-10-19(11-13-20)24-30(27,28)21-8-5-7-18(16-21)23(26)25-15-14-17-6-3-4-9-22(17)25/h5,7-8,10-13,16-17,22,24H,2-4,6,9,14-15H2,1H3. The molecule has 2 unspecified atom stereocenters. The summed E-state index contributed by atoms with van der Waals surface area (Å²) in [6.07, 6.45) is 5.69. The average molecular weight is 429 g/mol. The summed E-state index contributed by atoms with van der Waals surface area (Å²) < 4.78 is 33.7. The number of likely N-dealkylation sites (tertiary alicyclic amines) is 1. The molecule has 160 valence electrons. The minimum atomic E-state index is -3.80. The van der Waals surface area contributed by atoms with E-state index in [4.69, 9.17) is 4.74 Å². The zero-order valence-electron chi connectivity index (χ0n) is 17.2. The third kappa shape index (κ3) is 4.31. The number of hydrogen-bond acceptors (Lipinski definition) is 4. The highest BCUT2D eigenvalue weighted by Gasteiger charge is 2.38. The number of carbonyl (C=O) groups is 1. The average Bonchev–Trinajstić information content (AvgIpc) is 3.19. The molecule has 2 fully saturated rings. The second-order valence-electron chi connectivity index (χ2n) is 7.99. The molecular formula is C23H28N2O4S. The highest BCUT2D eigenvalue weighted by Crippen LogP contribution is 2.37. The van der Waals surface area contributed by atoms with Crippen LogP contribution in [-0.4, -0.2) is 38.4 Å². The quantitative estimate of drug-likeness (QED) is 0.745. The first-order valence-corrected chi connectivity index (χ1v) is 12.1. The maximum absolute atomic E-state index is 13.1. The van der Waals surface area contributed by atoms with Gasteiger partial charge in [-0.05, 0) is 74.6 Å². The van der Waals surface area contributed by atoms with Gasteiger partial charge >= 0.3 is 0 Å². The summed E-state index contributed by atoms with van der Waals surface area (Å²) in [6, 6.07) is 13.4. The molecule has 1 saturated carbocycles. The van der Waals surface area contributed by atoms with E-state index in [9.17, 15) is 13.2 Å². The number of benzene rings is 2. The molecule has 0 spiro atoms. The first kappa shape index (κ1) is 20.7. The van der Waals surface area contributed by atoms with Crippen LogP contribution < -0.4 is 9.46 Å². The van der Waals surface area contributed by atoms with Crippen LogP contribution in [0, 0.1) is 5.92 Å². The van der Waals surface area contributed by atoms with E-state index in [0.29, 0.717) is 35.6 Å². The molecule has 1 N–H and O–H groups in total. The molecule has 2 aromatic carbocycles. The second kappa shape index (κ2) is 8.68. The SMILES string of the molecule is CCOc1ccc(NS(=O)(=O)c2cccc(C(=O)N3CCC4CCCCC43)c2)cc1. The minimum absolute atomic E-state index is 0.0671. The van der Waals surface area contributed by atoms with Crippen LogP contribution in [0.25, 0.3) is 0 Å². The predicted octanol–water partition coefficient (Wildman–Crippen LogP) is 4.29. The van der Waals surface area contributed by atoms with Gasteiger partial charge in [0.25, 0.3) is 15.9 Å². The number of nitrogens with one attached hydrogen (secondary N) is 1. The Bertz CT molecular complexity index is 1000. The van der Waals surface area contributed by atoms with E-state index >= 15 is 0 Å². The van der Waals surface area contributed by atoms with Crippen LogP contribution in [0.1, 0.15) is 49.4 Å². The number of sulfonamides is 1. The zero-order valence-corrected chi connectivity index (χ0v) is 18.0. The molecule has 4 rings (SSSR count). The minimum Gasteiger partial charge on any atom is -0.494 e. The number of carbonyl (C=O) groups excluding carboxylic acids is 1. The van der Waals surface area contributed by atoms with Crippen molar-refractivity contribution in [3.05, 3.63) is 54.1 Å². The van der Waals surface area contributed by atoms with E-state index in [-0.39, 0.29) is 10.8 Å². The number of hydrogen-bond donors (Lipinski definition) is 1. The summed E-state index contributed by atoms with van der Waals surface area (Å²) in [7, 11) is -3.80. The Kier molecular flexibility index (Phi) is 5.99. The normalized spacial score (nSPS) is 21.2. The Morgan fingerprint density at radius 3 is 2.63 bits per heavy atom. The van der Waals surface area contributed by atoms with Crippen LogP contribution in [0.3, 0.4) is 0 Å². The van der Waals surface area contributed by atoms with Crippen molar-refractivity contribution < 1.29 is 17.9 Å². The molecule has 1 aliphatic carbocycles. The van der Waals surface area contributed by atoms with Crippen LogP contribution >= 0.6 is 0 Å². The molecule has 30 heavy (non-hydrogen) atoms. The van der Waals surface area contributed by atoms with Gasteiger partial charge < -0.3 is 9.64 Å². The van der Waals surface area contributed by atoms with Crippen molar-refractivity contribution in [1.82, 2.24) is 4.90 Å². The third-order valence-corrected chi connectivity index (χ3v) is 7.46. The number of amides is 1. The maximum Gasteiger partial charge on any atom is 0.261 e. The molecule has 0 aromatic heterocycles. The largest absolute Gasteiger partial charge is 0.494 e. The molecule has 1 aliphatic heterocycles. The summed E-state index contributed by atoms with van der Waals surface area (Å²) in [5.41, 5.74) is 0.871. The molecule has 2 aromatic rings. The van der Waals surface area contributed by atoms with Crippen LogP contribution in [0.4, 0.5) is 5.69 Å². The first-order valence-electron chi connectivity index (χ1n) is 10.6. The van der Waals surface area contributed by atoms with Gasteiger partial charge in [0.2, 0.25) is 0 Å². The molecule has 6 nitrogen and oxygen atoms in total. The van der Waals surface area contributed by atoms with Gasteiger partial charge in [-0.15, -0.1) is 0 Å². The monoisotopic (exact) mass is 428 g/mol. The summed E-state index contributed by atoms with van der Waals surface area (Å²) in [5.74, 6) is 1.21. The topological polar surface area (TPSA) is 75.7 Å². The Morgan fingerprint density at radius 1 is 1.10 bits per heavy atom. The number of anilines is 1. The van der Waals surface area contributed by atoms with E-state index in [1.54, 1.807) is 36.4 Å². The highest BCUT2D eigenvalue weighted by atomic mass is 32.2. The lowest BCUT2D eigenvalue weighted by Crippen LogP contribution is -2.39. The number of rotatable bonds is 6. The molecule has 2 atom stereocenters. The fourth-order valence-corrected chi connectivity index (χ4v) is 5.72. The molecule has 1 heterocycles. The predicted molar refractivity (Wildman–Crippen MR) is 116 cm³/mol. The Labute approximate surface area is 178 Å². The Morgan fingerprint density at radius 2 is 1.87 bits per heavy atom. The third-order valence-electron chi connectivity index (χ3n) is 6.08. The molecular weight excluding hydrogens is 400 g/mol. The van der Waals surface area contributed by atoms with E-state index < -0.39 is 10.0 Å². The van der Waals surface area contributed by atoms with Crippen molar-refractivity contribution in [3.63, 3.8) is 0 Å². The van der Waals surface area contributed by atoms with Gasteiger partial charge in [0.15, 0.2) is 0 Å². The molecule has 7 heteroatoms.